The molecule has 74 valence electrons. The van der Waals surface area contributed by atoms with Gasteiger partial charge in [0.2, 0.25) is 0 Å². The molecule has 0 heterocycles. The Labute approximate surface area is 78.9 Å². The van der Waals surface area contributed by atoms with Gasteiger partial charge in [-0.3, -0.25) is 4.79 Å². The lowest BCUT2D eigenvalue weighted by Gasteiger charge is -2.10. The van der Waals surface area contributed by atoms with E-state index in [1.807, 2.05) is 0 Å². The minimum atomic E-state index is -0.257. The molecular weight excluding hydrogens is 168 g/mol. The number of carbonyl (C=O) groups excluding carboxylic acids is 1. The number of nitriles is 1. The van der Waals surface area contributed by atoms with Crippen molar-refractivity contribution in [3.05, 3.63) is 0 Å². The van der Waals surface area contributed by atoms with Crippen LogP contribution in [-0.2, 0) is 9.53 Å². The van der Waals surface area contributed by atoms with Gasteiger partial charge in [-0.2, -0.15) is 5.26 Å². The molecule has 1 N–H and O–H groups in total. The van der Waals surface area contributed by atoms with Crippen LogP contribution in [0.3, 0.4) is 0 Å². The third kappa shape index (κ3) is 6.12. The van der Waals surface area contributed by atoms with Crippen molar-refractivity contribution in [1.82, 2.24) is 5.32 Å². The van der Waals surface area contributed by atoms with Crippen LogP contribution in [0.2, 0.25) is 0 Å². The van der Waals surface area contributed by atoms with E-state index in [4.69, 9.17) is 5.26 Å². The Balaban J connectivity index is 3.32. The Bertz CT molecular complexity index is 187. The Morgan fingerprint density at radius 1 is 1.62 bits per heavy atom. The summed E-state index contributed by atoms with van der Waals surface area (Å²) in [6.45, 7) is 2.51. The molecule has 4 heteroatoms. The monoisotopic (exact) mass is 184 g/mol. The lowest BCUT2D eigenvalue weighted by Crippen LogP contribution is -2.35. The standard InChI is InChI=1S/C9H16N2O2/c1-8(9(12)13-2)11-7-5-3-4-6-10/h8,11H,3-5,7H2,1-2H3. The molecule has 1 atom stereocenters. The molecule has 0 bridgehead atoms. The molecule has 0 rings (SSSR count). The smallest absolute Gasteiger partial charge is 0.322 e. The van der Waals surface area contributed by atoms with Gasteiger partial charge in [0.25, 0.3) is 0 Å². The lowest BCUT2D eigenvalue weighted by molar-refractivity contribution is -0.142. The van der Waals surface area contributed by atoms with E-state index in [1.54, 1.807) is 6.92 Å². The highest BCUT2D eigenvalue weighted by Gasteiger charge is 2.10. The van der Waals surface area contributed by atoms with Crippen molar-refractivity contribution in [2.45, 2.75) is 32.2 Å². The molecule has 0 radical (unpaired) electrons. The summed E-state index contributed by atoms with van der Waals surface area (Å²) in [6.07, 6.45) is 2.36. The number of ether oxygens (including phenoxy) is 1. The van der Waals surface area contributed by atoms with Gasteiger partial charge < -0.3 is 10.1 Å². The van der Waals surface area contributed by atoms with Crippen molar-refractivity contribution in [3.8, 4) is 6.07 Å². The highest BCUT2D eigenvalue weighted by Crippen LogP contribution is 1.93. The van der Waals surface area contributed by atoms with E-state index in [2.05, 4.69) is 16.1 Å². The number of hydrogen-bond donors (Lipinski definition) is 1. The van der Waals surface area contributed by atoms with Crippen LogP contribution in [0.4, 0.5) is 0 Å². The maximum atomic E-state index is 10.9. The quantitative estimate of drug-likeness (QED) is 0.490. The molecule has 0 spiro atoms. The average molecular weight is 184 g/mol. The van der Waals surface area contributed by atoms with E-state index >= 15 is 0 Å². The number of methoxy groups -OCH3 is 1. The number of unbranched alkanes of at least 4 members (excludes halogenated alkanes) is 2. The molecule has 0 aromatic heterocycles. The zero-order chi connectivity index (χ0) is 10.1. The Morgan fingerprint density at radius 2 is 2.31 bits per heavy atom. The van der Waals surface area contributed by atoms with E-state index in [0.717, 1.165) is 19.4 Å². The number of nitrogens with zero attached hydrogens (tertiary/aromatic N) is 1. The molecule has 0 saturated heterocycles. The van der Waals surface area contributed by atoms with Gasteiger partial charge in [0.1, 0.15) is 6.04 Å². The van der Waals surface area contributed by atoms with E-state index in [9.17, 15) is 4.79 Å². The van der Waals surface area contributed by atoms with Gasteiger partial charge in [-0.05, 0) is 26.3 Å². The normalized spacial score (nSPS) is 11.8. The highest BCUT2D eigenvalue weighted by atomic mass is 16.5. The Kier molecular flexibility index (Phi) is 6.93. The third-order valence-electron chi connectivity index (χ3n) is 1.72. The summed E-state index contributed by atoms with van der Waals surface area (Å²) < 4.78 is 4.54. The third-order valence-corrected chi connectivity index (χ3v) is 1.72. The molecule has 0 aliphatic rings. The van der Waals surface area contributed by atoms with E-state index in [0.29, 0.717) is 6.42 Å². The largest absolute Gasteiger partial charge is 0.468 e. The van der Waals surface area contributed by atoms with Crippen molar-refractivity contribution < 1.29 is 9.53 Å². The summed E-state index contributed by atoms with van der Waals surface area (Å²) in [4.78, 5) is 10.9. The van der Waals surface area contributed by atoms with Gasteiger partial charge >= 0.3 is 5.97 Å². The van der Waals surface area contributed by atoms with Gasteiger partial charge in [-0.15, -0.1) is 0 Å². The van der Waals surface area contributed by atoms with E-state index in [-0.39, 0.29) is 12.0 Å². The van der Waals surface area contributed by atoms with Crippen LogP contribution in [-0.4, -0.2) is 25.7 Å². The number of esters is 1. The SMILES string of the molecule is COC(=O)C(C)NCCCCC#N. The fourth-order valence-electron chi connectivity index (χ4n) is 0.908. The minimum absolute atomic E-state index is 0.250. The van der Waals surface area contributed by atoms with Gasteiger partial charge in [-0.25, -0.2) is 0 Å². The second kappa shape index (κ2) is 7.56. The molecule has 13 heavy (non-hydrogen) atoms. The summed E-state index contributed by atoms with van der Waals surface area (Å²) in [6, 6.07) is 1.81. The maximum Gasteiger partial charge on any atom is 0.322 e. The molecule has 0 fully saturated rings. The van der Waals surface area contributed by atoms with Crippen LogP contribution in [0, 0.1) is 11.3 Å². The van der Waals surface area contributed by atoms with Crippen molar-refractivity contribution >= 4 is 5.97 Å². The number of carbonyl (C=O) groups is 1. The minimum Gasteiger partial charge on any atom is -0.468 e. The zero-order valence-corrected chi connectivity index (χ0v) is 8.17. The Hall–Kier alpha value is -1.08. The number of rotatable bonds is 6. The Morgan fingerprint density at radius 3 is 2.85 bits per heavy atom. The second-order valence-corrected chi connectivity index (χ2v) is 2.81. The molecule has 0 aromatic rings. The molecule has 0 amide bonds. The molecular formula is C9H16N2O2. The summed E-state index contributed by atoms with van der Waals surface area (Å²) in [7, 11) is 1.37. The predicted octanol–water partition coefficient (Wildman–Crippen LogP) is 0.831. The predicted molar refractivity (Wildman–Crippen MR) is 48.9 cm³/mol. The average Bonchev–Trinajstić information content (AvgIpc) is 2.16. The van der Waals surface area contributed by atoms with Gasteiger partial charge in [0, 0.05) is 6.42 Å². The highest BCUT2D eigenvalue weighted by molar-refractivity contribution is 5.74. The van der Waals surface area contributed by atoms with Crippen molar-refractivity contribution in [2.75, 3.05) is 13.7 Å². The van der Waals surface area contributed by atoms with E-state index < -0.39 is 0 Å². The van der Waals surface area contributed by atoms with Gasteiger partial charge in [0.05, 0.1) is 13.2 Å². The second-order valence-electron chi connectivity index (χ2n) is 2.81. The molecule has 0 aliphatic carbocycles. The molecule has 1 unspecified atom stereocenters. The lowest BCUT2D eigenvalue weighted by atomic mass is 10.2. The molecule has 4 nitrogen and oxygen atoms in total. The molecule has 0 aliphatic heterocycles. The number of hydrogen-bond acceptors (Lipinski definition) is 4. The van der Waals surface area contributed by atoms with Crippen LogP contribution in [0.5, 0.6) is 0 Å². The summed E-state index contributed by atoms with van der Waals surface area (Å²) in [5, 5.41) is 11.3. The van der Waals surface area contributed by atoms with Crippen LogP contribution in [0.15, 0.2) is 0 Å². The number of nitrogens with one attached hydrogen (secondary N) is 1. The topological polar surface area (TPSA) is 62.1 Å². The van der Waals surface area contributed by atoms with E-state index in [1.165, 1.54) is 7.11 Å². The van der Waals surface area contributed by atoms with Crippen LogP contribution in [0.25, 0.3) is 0 Å². The molecule has 0 saturated carbocycles. The summed E-state index contributed by atoms with van der Waals surface area (Å²) in [5.74, 6) is -0.250. The first kappa shape index (κ1) is 11.9. The first-order valence-electron chi connectivity index (χ1n) is 4.40. The van der Waals surface area contributed by atoms with Crippen molar-refractivity contribution in [2.24, 2.45) is 0 Å². The first-order chi connectivity index (χ1) is 6.22. The zero-order valence-electron chi connectivity index (χ0n) is 8.17. The maximum absolute atomic E-state index is 10.9. The van der Waals surface area contributed by atoms with Gasteiger partial charge in [-0.1, -0.05) is 0 Å². The fraction of sp³-hybridized carbons (Fsp3) is 0.778. The van der Waals surface area contributed by atoms with Crippen molar-refractivity contribution in [3.63, 3.8) is 0 Å². The first-order valence-corrected chi connectivity index (χ1v) is 4.40. The van der Waals surface area contributed by atoms with Crippen LogP contribution in [0.1, 0.15) is 26.2 Å². The summed E-state index contributed by atoms with van der Waals surface area (Å²) in [5.41, 5.74) is 0. The molecule has 0 aromatic carbocycles. The van der Waals surface area contributed by atoms with Crippen LogP contribution >= 0.6 is 0 Å². The van der Waals surface area contributed by atoms with Crippen LogP contribution < -0.4 is 5.32 Å². The van der Waals surface area contributed by atoms with Gasteiger partial charge in [0.15, 0.2) is 0 Å². The summed E-state index contributed by atoms with van der Waals surface area (Å²) >= 11 is 0. The van der Waals surface area contributed by atoms with Crippen molar-refractivity contribution in [1.29, 1.82) is 5.26 Å². The fourth-order valence-corrected chi connectivity index (χ4v) is 0.908.